The first-order chi connectivity index (χ1) is 12.1. The monoisotopic (exact) mass is 357 g/mol. The van der Waals surface area contributed by atoms with Gasteiger partial charge in [-0.3, -0.25) is 4.79 Å². The van der Waals surface area contributed by atoms with E-state index in [4.69, 9.17) is 4.74 Å². The first kappa shape index (κ1) is 17.0. The van der Waals surface area contributed by atoms with Crippen molar-refractivity contribution >= 4 is 29.0 Å². The minimum Gasteiger partial charge on any atom is -0.494 e. The second kappa shape index (κ2) is 7.40. The number of thiophene rings is 1. The Bertz CT molecular complexity index is 797. The summed E-state index contributed by atoms with van der Waals surface area (Å²) < 4.78 is 5.40. The summed E-state index contributed by atoms with van der Waals surface area (Å²) in [5.74, 6) is 0.492. The normalized spacial score (nSPS) is 16.9. The van der Waals surface area contributed by atoms with Crippen molar-refractivity contribution in [2.45, 2.75) is 19.9 Å². The van der Waals surface area contributed by atoms with E-state index in [-0.39, 0.29) is 11.9 Å². The Hall–Kier alpha value is -2.80. The van der Waals surface area contributed by atoms with Crippen molar-refractivity contribution in [1.29, 1.82) is 0 Å². The lowest BCUT2D eigenvalue weighted by Crippen LogP contribution is -2.45. The van der Waals surface area contributed by atoms with Gasteiger partial charge in [-0.05, 0) is 49.6 Å². The molecule has 1 aromatic heterocycles. The molecule has 130 valence electrons. The Kier molecular flexibility index (Phi) is 5.04. The van der Waals surface area contributed by atoms with Crippen LogP contribution in [0.15, 0.2) is 53.0 Å². The van der Waals surface area contributed by atoms with E-state index in [0.29, 0.717) is 23.6 Å². The molecule has 0 saturated carbocycles. The molecule has 1 aliphatic rings. The van der Waals surface area contributed by atoms with Crippen molar-refractivity contribution in [2.75, 3.05) is 11.9 Å². The number of benzene rings is 1. The number of urea groups is 1. The summed E-state index contributed by atoms with van der Waals surface area (Å²) in [4.78, 5) is 25.5. The summed E-state index contributed by atoms with van der Waals surface area (Å²) in [6.07, 6.45) is 0. The van der Waals surface area contributed by atoms with Gasteiger partial charge >= 0.3 is 6.03 Å². The van der Waals surface area contributed by atoms with Gasteiger partial charge in [0.15, 0.2) is 0 Å². The molecule has 2 aromatic rings. The summed E-state index contributed by atoms with van der Waals surface area (Å²) in [6.45, 7) is 4.23. The van der Waals surface area contributed by atoms with Gasteiger partial charge in [-0.1, -0.05) is 6.07 Å². The maximum atomic E-state index is 12.8. The maximum Gasteiger partial charge on any atom is 0.319 e. The predicted molar refractivity (Wildman–Crippen MR) is 97.7 cm³/mol. The van der Waals surface area contributed by atoms with Crippen molar-refractivity contribution in [2.24, 2.45) is 0 Å². The fourth-order valence-electron chi connectivity index (χ4n) is 2.66. The molecule has 0 radical (unpaired) electrons. The van der Waals surface area contributed by atoms with E-state index in [9.17, 15) is 9.59 Å². The Morgan fingerprint density at radius 1 is 1.28 bits per heavy atom. The van der Waals surface area contributed by atoms with Gasteiger partial charge in [0.1, 0.15) is 5.75 Å². The van der Waals surface area contributed by atoms with Crippen LogP contribution in [0.25, 0.3) is 0 Å². The smallest absolute Gasteiger partial charge is 0.319 e. The Balaban J connectivity index is 1.83. The standard InChI is InChI=1S/C18H19N3O3S/c1-3-24-13-8-6-12(7-9-13)20-17(22)15-11(2)19-18(23)21-16(15)14-5-4-10-25-14/h4-10,16H,3H2,1-2H3,(H,20,22)(H2,19,21,23). The predicted octanol–water partition coefficient (Wildman–Crippen LogP) is 3.41. The topological polar surface area (TPSA) is 79.5 Å². The molecule has 1 aliphatic heterocycles. The summed E-state index contributed by atoms with van der Waals surface area (Å²) in [5, 5.41) is 10.3. The van der Waals surface area contributed by atoms with E-state index in [1.54, 1.807) is 31.2 Å². The largest absolute Gasteiger partial charge is 0.494 e. The van der Waals surface area contributed by atoms with Crippen molar-refractivity contribution in [1.82, 2.24) is 10.6 Å². The molecule has 1 aromatic carbocycles. The van der Waals surface area contributed by atoms with Crippen LogP contribution in [0.5, 0.6) is 5.75 Å². The average Bonchev–Trinajstić information content (AvgIpc) is 3.10. The van der Waals surface area contributed by atoms with Crippen LogP contribution in [0.4, 0.5) is 10.5 Å². The molecular weight excluding hydrogens is 338 g/mol. The SMILES string of the molecule is CCOc1ccc(NC(=O)C2=C(C)NC(=O)NC2c2cccs2)cc1. The number of rotatable bonds is 5. The molecule has 0 aliphatic carbocycles. The third kappa shape index (κ3) is 3.83. The zero-order chi connectivity index (χ0) is 17.8. The number of allylic oxidation sites excluding steroid dienone is 1. The van der Waals surface area contributed by atoms with E-state index in [1.807, 2.05) is 24.4 Å². The quantitative estimate of drug-likeness (QED) is 0.767. The van der Waals surface area contributed by atoms with Crippen molar-refractivity contribution in [3.63, 3.8) is 0 Å². The van der Waals surface area contributed by atoms with Gasteiger partial charge in [0, 0.05) is 16.3 Å². The fourth-order valence-corrected chi connectivity index (χ4v) is 3.45. The van der Waals surface area contributed by atoms with E-state index in [1.165, 1.54) is 11.3 Å². The second-order valence-corrected chi connectivity index (χ2v) is 6.48. The number of hydrogen-bond acceptors (Lipinski definition) is 4. The maximum absolute atomic E-state index is 12.8. The molecule has 7 heteroatoms. The van der Waals surface area contributed by atoms with Crippen LogP contribution in [0, 0.1) is 0 Å². The van der Waals surface area contributed by atoms with Gasteiger partial charge in [0.2, 0.25) is 0 Å². The zero-order valence-electron chi connectivity index (χ0n) is 14.0. The van der Waals surface area contributed by atoms with Gasteiger partial charge in [-0.15, -0.1) is 11.3 Å². The van der Waals surface area contributed by atoms with E-state index in [0.717, 1.165) is 10.6 Å². The number of anilines is 1. The highest BCUT2D eigenvalue weighted by molar-refractivity contribution is 7.10. The van der Waals surface area contributed by atoms with Crippen molar-refractivity contribution in [3.05, 3.63) is 57.9 Å². The van der Waals surface area contributed by atoms with Crippen molar-refractivity contribution < 1.29 is 14.3 Å². The zero-order valence-corrected chi connectivity index (χ0v) is 14.8. The summed E-state index contributed by atoms with van der Waals surface area (Å²) in [7, 11) is 0. The van der Waals surface area contributed by atoms with Crippen LogP contribution < -0.4 is 20.7 Å². The van der Waals surface area contributed by atoms with E-state index in [2.05, 4.69) is 16.0 Å². The van der Waals surface area contributed by atoms with Crippen LogP contribution in [-0.4, -0.2) is 18.5 Å². The van der Waals surface area contributed by atoms with Crippen LogP contribution in [0.2, 0.25) is 0 Å². The van der Waals surface area contributed by atoms with Gasteiger partial charge in [0.25, 0.3) is 5.91 Å². The molecule has 1 unspecified atom stereocenters. The molecule has 0 saturated heterocycles. The van der Waals surface area contributed by atoms with Crippen LogP contribution >= 0.6 is 11.3 Å². The van der Waals surface area contributed by atoms with Crippen molar-refractivity contribution in [3.8, 4) is 5.75 Å². The van der Waals surface area contributed by atoms with E-state index >= 15 is 0 Å². The molecule has 3 amide bonds. The molecule has 1 atom stereocenters. The van der Waals surface area contributed by atoms with Crippen LogP contribution in [0.1, 0.15) is 24.8 Å². The average molecular weight is 357 g/mol. The minimum atomic E-state index is -0.462. The van der Waals surface area contributed by atoms with E-state index < -0.39 is 6.04 Å². The number of carbonyl (C=O) groups is 2. The number of hydrogen-bond donors (Lipinski definition) is 3. The number of carbonyl (C=O) groups excluding carboxylic acids is 2. The molecule has 3 N–H and O–H groups in total. The number of nitrogens with one attached hydrogen (secondary N) is 3. The molecule has 0 spiro atoms. The summed E-state index contributed by atoms with van der Waals surface area (Å²) >= 11 is 1.50. The minimum absolute atomic E-state index is 0.257. The first-order valence-electron chi connectivity index (χ1n) is 7.94. The van der Waals surface area contributed by atoms with Gasteiger partial charge in [0.05, 0.1) is 18.2 Å². The Morgan fingerprint density at radius 2 is 2.04 bits per heavy atom. The molecular formula is C18H19N3O3S. The lowest BCUT2D eigenvalue weighted by molar-refractivity contribution is -0.113. The first-order valence-corrected chi connectivity index (χ1v) is 8.82. The van der Waals surface area contributed by atoms with Crippen LogP contribution in [0.3, 0.4) is 0 Å². The summed E-state index contributed by atoms with van der Waals surface area (Å²) in [6, 6.07) is 10.2. The molecule has 0 bridgehead atoms. The lowest BCUT2D eigenvalue weighted by atomic mass is 10.0. The van der Waals surface area contributed by atoms with Gasteiger partial charge in [-0.2, -0.15) is 0 Å². The van der Waals surface area contributed by atoms with Gasteiger partial charge in [-0.25, -0.2) is 4.79 Å². The third-order valence-corrected chi connectivity index (χ3v) is 4.70. The lowest BCUT2D eigenvalue weighted by Gasteiger charge is -2.27. The highest BCUT2D eigenvalue weighted by atomic mass is 32.1. The van der Waals surface area contributed by atoms with Gasteiger partial charge < -0.3 is 20.7 Å². The highest BCUT2D eigenvalue weighted by Gasteiger charge is 2.31. The Labute approximate surface area is 149 Å². The molecule has 2 heterocycles. The molecule has 3 rings (SSSR count). The number of ether oxygens (including phenoxy) is 1. The summed E-state index contributed by atoms with van der Waals surface area (Å²) in [5.41, 5.74) is 1.71. The number of amides is 3. The Morgan fingerprint density at radius 3 is 2.68 bits per heavy atom. The van der Waals surface area contributed by atoms with Crippen LogP contribution in [-0.2, 0) is 4.79 Å². The highest BCUT2D eigenvalue weighted by Crippen LogP contribution is 2.30. The molecule has 0 fully saturated rings. The second-order valence-electron chi connectivity index (χ2n) is 5.50. The molecule has 6 nitrogen and oxygen atoms in total. The fraction of sp³-hybridized carbons (Fsp3) is 0.222. The third-order valence-electron chi connectivity index (χ3n) is 3.76. The molecule has 25 heavy (non-hydrogen) atoms.